The number of nitrogens with one attached hydrogen (secondary N) is 1. The zero-order valence-electron chi connectivity index (χ0n) is 14.1. The molecule has 0 aromatic heterocycles. The lowest BCUT2D eigenvalue weighted by Gasteiger charge is -2.14. The van der Waals surface area contributed by atoms with Crippen LogP contribution in [0.5, 0.6) is 0 Å². The van der Waals surface area contributed by atoms with Gasteiger partial charge in [-0.25, -0.2) is 17.1 Å². The third-order valence-electron chi connectivity index (χ3n) is 3.89. The minimum atomic E-state index is -3.92. The van der Waals surface area contributed by atoms with Crippen LogP contribution >= 0.6 is 0 Å². The lowest BCUT2D eigenvalue weighted by molar-refractivity contribution is -0.120. The van der Waals surface area contributed by atoms with Gasteiger partial charge in [0.15, 0.2) is 0 Å². The van der Waals surface area contributed by atoms with Crippen LogP contribution in [0.15, 0.2) is 53.4 Å². The van der Waals surface area contributed by atoms with Gasteiger partial charge in [-0.1, -0.05) is 30.0 Å². The van der Waals surface area contributed by atoms with E-state index >= 15 is 0 Å². The summed E-state index contributed by atoms with van der Waals surface area (Å²) in [6, 6.07) is 11.7. The predicted molar refractivity (Wildman–Crippen MR) is 95.6 cm³/mol. The number of rotatable bonds is 4. The molecule has 6 nitrogen and oxygen atoms in total. The molecule has 1 heterocycles. The normalized spacial score (nSPS) is 14.3. The second-order valence-electron chi connectivity index (χ2n) is 5.72. The standard InChI is InChI=1S/C19H15FN2O4S/c20-15-7-3-5-14(13-15)6-4-11-21-18(23)10-12-22-19(24)16-8-1-2-9-17(16)27(22,25)26/h1-3,5,7-9,13H,10-12H2,(H,21,23). The molecule has 27 heavy (non-hydrogen) atoms. The topological polar surface area (TPSA) is 83.6 Å². The Bertz CT molecular complexity index is 1070. The monoisotopic (exact) mass is 386 g/mol. The summed E-state index contributed by atoms with van der Waals surface area (Å²) in [7, 11) is -3.92. The number of amides is 2. The molecule has 3 rings (SSSR count). The zero-order chi connectivity index (χ0) is 19.4. The number of benzene rings is 2. The Morgan fingerprint density at radius 3 is 2.67 bits per heavy atom. The summed E-state index contributed by atoms with van der Waals surface area (Å²) in [5.74, 6) is 3.91. The molecule has 2 aromatic rings. The van der Waals surface area contributed by atoms with Crippen molar-refractivity contribution >= 4 is 21.8 Å². The van der Waals surface area contributed by atoms with Crippen molar-refractivity contribution in [3.8, 4) is 11.8 Å². The van der Waals surface area contributed by atoms with E-state index in [2.05, 4.69) is 17.2 Å². The van der Waals surface area contributed by atoms with Crippen LogP contribution < -0.4 is 5.32 Å². The Hall–Kier alpha value is -3.18. The van der Waals surface area contributed by atoms with Crippen molar-refractivity contribution in [1.82, 2.24) is 9.62 Å². The van der Waals surface area contributed by atoms with Crippen molar-refractivity contribution in [1.29, 1.82) is 0 Å². The summed E-state index contributed by atoms with van der Waals surface area (Å²) in [6.07, 6.45) is -0.180. The third kappa shape index (κ3) is 3.99. The largest absolute Gasteiger partial charge is 0.345 e. The van der Waals surface area contributed by atoms with Crippen LogP contribution in [0.3, 0.4) is 0 Å². The first kappa shape index (κ1) is 18.6. The van der Waals surface area contributed by atoms with Gasteiger partial charge in [0.2, 0.25) is 5.91 Å². The maximum atomic E-state index is 13.0. The number of hydrogen-bond donors (Lipinski definition) is 1. The molecule has 0 saturated carbocycles. The number of halogens is 1. The van der Waals surface area contributed by atoms with Crippen molar-refractivity contribution in [2.45, 2.75) is 11.3 Å². The molecule has 0 radical (unpaired) electrons. The summed E-state index contributed by atoms with van der Waals surface area (Å²) in [4.78, 5) is 24.1. The fraction of sp³-hybridized carbons (Fsp3) is 0.158. The van der Waals surface area contributed by atoms with Gasteiger partial charge in [0.1, 0.15) is 10.7 Å². The molecule has 2 aromatic carbocycles. The van der Waals surface area contributed by atoms with Gasteiger partial charge >= 0.3 is 0 Å². The van der Waals surface area contributed by atoms with Gasteiger partial charge in [-0.05, 0) is 30.3 Å². The Kier molecular flexibility index (Phi) is 5.23. The maximum Gasteiger partial charge on any atom is 0.269 e. The smallest absolute Gasteiger partial charge is 0.269 e. The first-order valence-electron chi connectivity index (χ1n) is 8.07. The van der Waals surface area contributed by atoms with Crippen molar-refractivity contribution in [3.05, 3.63) is 65.5 Å². The Labute approximate surface area is 156 Å². The van der Waals surface area contributed by atoms with Gasteiger partial charge in [0.25, 0.3) is 15.9 Å². The van der Waals surface area contributed by atoms with E-state index in [9.17, 15) is 22.4 Å². The molecule has 1 aliphatic heterocycles. The highest BCUT2D eigenvalue weighted by Gasteiger charge is 2.40. The van der Waals surface area contributed by atoms with Crippen LogP contribution in [-0.4, -0.2) is 37.6 Å². The van der Waals surface area contributed by atoms with E-state index in [-0.39, 0.29) is 30.0 Å². The average molecular weight is 386 g/mol. The average Bonchev–Trinajstić information content (AvgIpc) is 2.84. The van der Waals surface area contributed by atoms with Crippen molar-refractivity contribution in [2.75, 3.05) is 13.1 Å². The Morgan fingerprint density at radius 1 is 1.15 bits per heavy atom. The molecule has 138 valence electrons. The molecule has 2 amide bonds. The van der Waals surface area contributed by atoms with Crippen molar-refractivity contribution in [2.24, 2.45) is 0 Å². The Morgan fingerprint density at radius 2 is 1.93 bits per heavy atom. The van der Waals surface area contributed by atoms with Gasteiger partial charge < -0.3 is 5.32 Å². The van der Waals surface area contributed by atoms with Gasteiger partial charge in [-0.15, -0.1) is 0 Å². The molecule has 0 fully saturated rings. The predicted octanol–water partition coefficient (Wildman–Crippen LogP) is 1.53. The van der Waals surface area contributed by atoms with Crippen LogP contribution in [0, 0.1) is 17.7 Å². The molecule has 0 atom stereocenters. The first-order chi connectivity index (χ1) is 12.9. The summed E-state index contributed by atoms with van der Waals surface area (Å²) in [5, 5.41) is 2.52. The molecule has 0 aliphatic carbocycles. The lowest BCUT2D eigenvalue weighted by atomic mass is 10.2. The molecule has 0 bridgehead atoms. The van der Waals surface area contributed by atoms with Gasteiger partial charge in [-0.3, -0.25) is 9.59 Å². The van der Waals surface area contributed by atoms with Crippen LogP contribution in [-0.2, 0) is 14.8 Å². The summed E-state index contributed by atoms with van der Waals surface area (Å²) in [5.41, 5.74) is 0.592. The van der Waals surface area contributed by atoms with E-state index < -0.39 is 27.7 Å². The molecule has 0 unspecified atom stereocenters. The van der Waals surface area contributed by atoms with Crippen LogP contribution in [0.4, 0.5) is 4.39 Å². The molecular weight excluding hydrogens is 371 g/mol. The molecule has 0 spiro atoms. The molecule has 0 saturated heterocycles. The van der Waals surface area contributed by atoms with Crippen molar-refractivity contribution in [3.63, 3.8) is 0 Å². The van der Waals surface area contributed by atoms with Crippen LogP contribution in [0.25, 0.3) is 0 Å². The molecule has 8 heteroatoms. The van der Waals surface area contributed by atoms with Gasteiger partial charge in [0, 0.05) is 18.5 Å². The van der Waals surface area contributed by atoms with E-state index in [1.165, 1.54) is 36.4 Å². The zero-order valence-corrected chi connectivity index (χ0v) is 14.9. The number of carbonyl (C=O) groups excluding carboxylic acids is 2. The van der Waals surface area contributed by atoms with E-state index in [1.54, 1.807) is 12.1 Å². The number of carbonyl (C=O) groups is 2. The summed E-state index contributed by atoms with van der Waals surface area (Å²) < 4.78 is 38.5. The quantitative estimate of drug-likeness (QED) is 0.808. The minimum Gasteiger partial charge on any atom is -0.345 e. The SMILES string of the molecule is O=C(CCN1C(=O)c2ccccc2S1(=O)=O)NCC#Cc1cccc(F)c1. The van der Waals surface area contributed by atoms with Crippen LogP contribution in [0.1, 0.15) is 22.3 Å². The highest BCUT2D eigenvalue weighted by atomic mass is 32.2. The lowest BCUT2D eigenvalue weighted by Crippen LogP contribution is -2.34. The molecule has 1 N–H and O–H groups in total. The second-order valence-corrected chi connectivity index (χ2v) is 7.55. The summed E-state index contributed by atoms with van der Waals surface area (Å²) >= 11 is 0. The molecular formula is C19H15FN2O4S. The van der Waals surface area contributed by atoms with Gasteiger partial charge in [-0.2, -0.15) is 0 Å². The fourth-order valence-electron chi connectivity index (χ4n) is 2.60. The number of hydrogen-bond acceptors (Lipinski definition) is 4. The van der Waals surface area contributed by atoms with Crippen molar-refractivity contribution < 1.29 is 22.4 Å². The third-order valence-corrected chi connectivity index (χ3v) is 5.73. The second kappa shape index (κ2) is 7.60. The number of sulfonamides is 1. The van der Waals surface area contributed by atoms with E-state index in [1.807, 2.05) is 0 Å². The minimum absolute atomic E-state index is 0.0241. The fourth-order valence-corrected chi connectivity index (χ4v) is 4.17. The van der Waals surface area contributed by atoms with E-state index in [4.69, 9.17) is 0 Å². The summed E-state index contributed by atoms with van der Waals surface area (Å²) in [6.45, 7) is -0.227. The Balaban J connectivity index is 1.54. The highest BCUT2D eigenvalue weighted by Crippen LogP contribution is 2.29. The first-order valence-corrected chi connectivity index (χ1v) is 9.51. The van der Waals surface area contributed by atoms with E-state index in [0.717, 1.165) is 0 Å². The van der Waals surface area contributed by atoms with Crippen LogP contribution in [0.2, 0.25) is 0 Å². The highest BCUT2D eigenvalue weighted by molar-refractivity contribution is 7.90. The van der Waals surface area contributed by atoms with E-state index in [0.29, 0.717) is 9.87 Å². The number of nitrogens with zero attached hydrogens (tertiary/aromatic N) is 1. The maximum absolute atomic E-state index is 13.0. The van der Waals surface area contributed by atoms with Gasteiger partial charge in [0.05, 0.1) is 12.1 Å². The molecule has 1 aliphatic rings. The number of fused-ring (bicyclic) bond motifs is 1.